The molecule has 1 aliphatic heterocycles. The van der Waals surface area contributed by atoms with Crippen molar-refractivity contribution in [1.82, 2.24) is 9.97 Å². The zero-order valence-electron chi connectivity index (χ0n) is 15.5. The van der Waals surface area contributed by atoms with E-state index >= 15 is 0 Å². The summed E-state index contributed by atoms with van der Waals surface area (Å²) >= 11 is 6.09. The minimum atomic E-state index is -0.570. The lowest BCUT2D eigenvalue weighted by atomic mass is 10.2. The molecule has 6 nitrogen and oxygen atoms in total. The molecule has 0 unspecified atom stereocenters. The Hall–Kier alpha value is -3.19. The summed E-state index contributed by atoms with van der Waals surface area (Å²) in [5.74, 6) is -0.800. The maximum atomic E-state index is 14.7. The molecule has 1 amide bonds. The number of hydrogen-bond acceptors (Lipinski definition) is 5. The van der Waals surface area contributed by atoms with E-state index in [2.05, 4.69) is 9.97 Å². The minimum Gasteiger partial charge on any atom is -0.486 e. The Kier molecular flexibility index (Phi) is 5.31. The highest BCUT2D eigenvalue weighted by molar-refractivity contribution is 6.33. The number of carbonyl (C=O) groups is 1. The smallest absolute Gasteiger partial charge is 0.267 e. The molecule has 1 aliphatic rings. The van der Waals surface area contributed by atoms with Gasteiger partial charge in [0.05, 0.1) is 6.54 Å². The number of anilines is 1. The Labute approximate surface area is 171 Å². The first-order valence-corrected chi connectivity index (χ1v) is 9.36. The highest BCUT2D eigenvalue weighted by Gasteiger charge is 2.32. The van der Waals surface area contributed by atoms with Gasteiger partial charge in [-0.25, -0.2) is 14.4 Å². The molecule has 4 rings (SSSR count). The summed E-state index contributed by atoms with van der Waals surface area (Å²) in [4.78, 5) is 22.3. The third-order valence-electron chi connectivity index (χ3n) is 4.44. The summed E-state index contributed by atoms with van der Waals surface area (Å²) < 4.78 is 25.9. The fourth-order valence-electron chi connectivity index (χ4n) is 3.05. The van der Waals surface area contributed by atoms with E-state index in [9.17, 15) is 9.18 Å². The van der Waals surface area contributed by atoms with Gasteiger partial charge in [0.25, 0.3) is 5.91 Å². The summed E-state index contributed by atoms with van der Waals surface area (Å²) in [5.41, 5.74) is 1.35. The average molecular weight is 414 g/mol. The quantitative estimate of drug-likeness (QED) is 0.597. The van der Waals surface area contributed by atoms with Crippen molar-refractivity contribution < 1.29 is 18.7 Å². The van der Waals surface area contributed by atoms with E-state index in [1.807, 2.05) is 30.3 Å². The SMILES string of the molecule is C[C@@H]1CN(c2ccc(OCc3ccccc3)c(F)c2)C(=O)c2c(Cl)ncnc2O1. The van der Waals surface area contributed by atoms with E-state index in [0.717, 1.165) is 5.56 Å². The first-order chi connectivity index (χ1) is 14.0. The molecular formula is C21H17ClFN3O3. The predicted octanol–water partition coefficient (Wildman–Crippen LogP) is 4.28. The highest BCUT2D eigenvalue weighted by atomic mass is 35.5. The molecule has 0 N–H and O–H groups in total. The second-order valence-electron chi connectivity index (χ2n) is 6.58. The van der Waals surface area contributed by atoms with Gasteiger partial charge in [-0.15, -0.1) is 0 Å². The molecule has 1 aromatic heterocycles. The maximum Gasteiger partial charge on any atom is 0.267 e. The monoisotopic (exact) mass is 413 g/mol. The standard InChI is InChI=1S/C21H17ClFN3O3/c1-13-10-26(21(27)18-19(22)24-12-25-20(18)29-13)15-7-8-17(16(23)9-15)28-11-14-5-3-2-4-6-14/h2-9,12-13H,10-11H2,1H3/t13-/m1/s1. The second kappa shape index (κ2) is 8.05. The molecular weight excluding hydrogens is 397 g/mol. The van der Waals surface area contributed by atoms with E-state index < -0.39 is 11.7 Å². The Morgan fingerprint density at radius 2 is 2.03 bits per heavy atom. The Bertz CT molecular complexity index is 1050. The van der Waals surface area contributed by atoms with Gasteiger partial charge in [0.2, 0.25) is 5.88 Å². The van der Waals surface area contributed by atoms with Crippen LogP contribution >= 0.6 is 11.6 Å². The fourth-order valence-corrected chi connectivity index (χ4v) is 3.26. The lowest BCUT2D eigenvalue weighted by Crippen LogP contribution is -2.36. The molecule has 0 aliphatic carbocycles. The number of aromatic nitrogens is 2. The predicted molar refractivity (Wildman–Crippen MR) is 106 cm³/mol. The Morgan fingerprint density at radius 3 is 2.79 bits per heavy atom. The van der Waals surface area contributed by atoms with Crippen LogP contribution in [0.4, 0.5) is 10.1 Å². The van der Waals surface area contributed by atoms with Crippen molar-refractivity contribution in [1.29, 1.82) is 0 Å². The Balaban J connectivity index is 1.60. The fraction of sp³-hybridized carbons (Fsp3) is 0.190. The van der Waals surface area contributed by atoms with Crippen LogP contribution < -0.4 is 14.4 Å². The van der Waals surface area contributed by atoms with Gasteiger partial charge in [-0.1, -0.05) is 41.9 Å². The molecule has 8 heteroatoms. The molecule has 0 radical (unpaired) electrons. The van der Waals surface area contributed by atoms with Gasteiger partial charge < -0.3 is 14.4 Å². The van der Waals surface area contributed by atoms with Crippen LogP contribution in [0.25, 0.3) is 0 Å². The first-order valence-electron chi connectivity index (χ1n) is 8.98. The van der Waals surface area contributed by atoms with E-state index in [0.29, 0.717) is 5.69 Å². The van der Waals surface area contributed by atoms with Crippen LogP contribution in [0.2, 0.25) is 5.15 Å². The van der Waals surface area contributed by atoms with Crippen LogP contribution in [0, 0.1) is 5.82 Å². The number of ether oxygens (including phenoxy) is 2. The molecule has 148 valence electrons. The van der Waals surface area contributed by atoms with Crippen molar-refractivity contribution in [2.75, 3.05) is 11.4 Å². The van der Waals surface area contributed by atoms with Gasteiger partial charge >= 0.3 is 0 Å². The number of benzene rings is 2. The van der Waals surface area contributed by atoms with Crippen LogP contribution in [-0.2, 0) is 6.61 Å². The highest BCUT2D eigenvalue weighted by Crippen LogP contribution is 2.32. The van der Waals surface area contributed by atoms with Gasteiger partial charge in [-0.2, -0.15) is 0 Å². The zero-order chi connectivity index (χ0) is 20.4. The molecule has 0 fully saturated rings. The maximum absolute atomic E-state index is 14.7. The summed E-state index contributed by atoms with van der Waals surface area (Å²) in [6.45, 7) is 2.24. The van der Waals surface area contributed by atoms with E-state index in [4.69, 9.17) is 21.1 Å². The van der Waals surface area contributed by atoms with E-state index in [-0.39, 0.29) is 41.6 Å². The molecule has 0 saturated carbocycles. The number of rotatable bonds is 4. The van der Waals surface area contributed by atoms with Crippen molar-refractivity contribution >= 4 is 23.2 Å². The minimum absolute atomic E-state index is 0.0117. The number of amides is 1. The summed E-state index contributed by atoms with van der Waals surface area (Å²) in [5, 5.41) is -0.0117. The van der Waals surface area contributed by atoms with Crippen LogP contribution in [0.1, 0.15) is 22.8 Å². The summed E-state index contributed by atoms with van der Waals surface area (Å²) in [6.07, 6.45) is 0.860. The van der Waals surface area contributed by atoms with Gasteiger partial charge in [0.15, 0.2) is 11.6 Å². The van der Waals surface area contributed by atoms with Crippen molar-refractivity contribution in [2.45, 2.75) is 19.6 Å². The number of halogens is 2. The average Bonchev–Trinajstić information content (AvgIpc) is 2.84. The van der Waals surface area contributed by atoms with Crippen LogP contribution in [0.3, 0.4) is 0 Å². The molecule has 1 atom stereocenters. The number of hydrogen-bond donors (Lipinski definition) is 0. The van der Waals surface area contributed by atoms with Crippen LogP contribution in [-0.4, -0.2) is 28.5 Å². The molecule has 0 bridgehead atoms. The van der Waals surface area contributed by atoms with Crippen molar-refractivity contribution in [3.05, 3.63) is 77.0 Å². The molecule has 3 aromatic rings. The third kappa shape index (κ3) is 4.00. The lowest BCUT2D eigenvalue weighted by Gasteiger charge is -2.23. The molecule has 29 heavy (non-hydrogen) atoms. The summed E-state index contributed by atoms with van der Waals surface area (Å²) in [7, 11) is 0. The number of carbonyl (C=O) groups excluding carboxylic acids is 1. The molecule has 0 saturated heterocycles. The van der Waals surface area contributed by atoms with Crippen LogP contribution in [0.15, 0.2) is 54.9 Å². The first kappa shape index (κ1) is 19.1. The molecule has 2 heterocycles. The van der Waals surface area contributed by atoms with E-state index in [1.54, 1.807) is 13.0 Å². The van der Waals surface area contributed by atoms with Crippen LogP contribution in [0.5, 0.6) is 11.6 Å². The largest absolute Gasteiger partial charge is 0.486 e. The van der Waals surface area contributed by atoms with Gasteiger partial charge in [-0.3, -0.25) is 4.79 Å². The van der Waals surface area contributed by atoms with E-state index in [1.165, 1.54) is 23.4 Å². The molecule has 0 spiro atoms. The van der Waals surface area contributed by atoms with Crippen molar-refractivity contribution in [3.8, 4) is 11.6 Å². The zero-order valence-corrected chi connectivity index (χ0v) is 16.3. The van der Waals surface area contributed by atoms with Gasteiger partial charge in [-0.05, 0) is 24.6 Å². The topological polar surface area (TPSA) is 64.5 Å². The molecule has 2 aromatic carbocycles. The number of fused-ring (bicyclic) bond motifs is 1. The summed E-state index contributed by atoms with van der Waals surface area (Å²) in [6, 6.07) is 13.8. The van der Waals surface area contributed by atoms with Gasteiger partial charge in [0.1, 0.15) is 29.8 Å². The normalized spacial score (nSPS) is 16.0. The third-order valence-corrected chi connectivity index (χ3v) is 4.73. The van der Waals surface area contributed by atoms with Gasteiger partial charge in [0, 0.05) is 11.8 Å². The van der Waals surface area contributed by atoms with Crippen molar-refractivity contribution in [3.63, 3.8) is 0 Å². The van der Waals surface area contributed by atoms with Crippen molar-refractivity contribution in [2.24, 2.45) is 0 Å². The Morgan fingerprint density at radius 1 is 1.24 bits per heavy atom. The second-order valence-corrected chi connectivity index (χ2v) is 6.94. The number of nitrogens with zero attached hydrogens (tertiary/aromatic N) is 3. The lowest BCUT2D eigenvalue weighted by molar-refractivity contribution is 0.0987.